The van der Waals surface area contributed by atoms with Gasteiger partial charge in [-0.3, -0.25) is 14.3 Å². The summed E-state index contributed by atoms with van der Waals surface area (Å²) in [7, 11) is -5.14. The van der Waals surface area contributed by atoms with Crippen LogP contribution in [0.3, 0.4) is 0 Å². The zero-order valence-electron chi connectivity index (χ0n) is 11.6. The number of rotatable bonds is 4. The molecule has 10 nitrogen and oxygen atoms in total. The predicted molar refractivity (Wildman–Crippen MR) is 69.0 cm³/mol. The van der Waals surface area contributed by atoms with Gasteiger partial charge in [0.1, 0.15) is 6.10 Å². The van der Waals surface area contributed by atoms with Gasteiger partial charge in [0.2, 0.25) is 0 Å². The van der Waals surface area contributed by atoms with Crippen LogP contribution in [0.5, 0.6) is 0 Å². The second-order valence-electron chi connectivity index (χ2n) is 5.05. The maximum atomic E-state index is 11.8. The number of aliphatic hydroxyl groups excluding tert-OH is 1. The van der Waals surface area contributed by atoms with Crippen LogP contribution in [0.1, 0.15) is 18.0 Å². The Balaban J connectivity index is 2.07. The molecule has 0 aromatic carbocycles. The molecule has 0 bridgehead atoms. The topological polar surface area (TPSA) is 157 Å². The van der Waals surface area contributed by atoms with E-state index in [1.54, 1.807) is 0 Å². The summed E-state index contributed by atoms with van der Waals surface area (Å²) in [6.07, 6.45) is -0.652. The van der Waals surface area contributed by atoms with Gasteiger partial charge in [-0.05, 0) is 13.3 Å². The molecule has 1 aromatic rings. The maximum Gasteiger partial charge on any atom is 0.328 e. The second kappa shape index (κ2) is 6.45. The van der Waals surface area contributed by atoms with E-state index in [0.29, 0.717) is 5.56 Å². The SMILES string of the molecule is Cc1cn([C@@H]2CO[C@H](COP(=O)([O-])[O-])[C@@H](O)C2)c(=O)[nH]c1=O. The average molecular weight is 334 g/mol. The lowest BCUT2D eigenvalue weighted by Crippen LogP contribution is -2.45. The Morgan fingerprint density at radius 3 is 2.82 bits per heavy atom. The van der Waals surface area contributed by atoms with Crippen molar-refractivity contribution in [3.63, 3.8) is 0 Å². The van der Waals surface area contributed by atoms with Gasteiger partial charge in [0.25, 0.3) is 5.56 Å². The normalized spacial score (nSPS) is 26.1. The van der Waals surface area contributed by atoms with Crippen LogP contribution < -0.4 is 21.0 Å². The van der Waals surface area contributed by atoms with E-state index in [9.17, 15) is 29.0 Å². The van der Waals surface area contributed by atoms with Crippen LogP contribution in [0.4, 0.5) is 0 Å². The minimum absolute atomic E-state index is 0.00150. The highest BCUT2D eigenvalue weighted by molar-refractivity contribution is 7.43. The minimum Gasteiger partial charge on any atom is -0.790 e. The fourth-order valence-corrected chi connectivity index (χ4v) is 2.55. The zero-order chi connectivity index (χ0) is 16.5. The highest BCUT2D eigenvalue weighted by atomic mass is 31.2. The molecular weight excluding hydrogens is 319 g/mol. The zero-order valence-corrected chi connectivity index (χ0v) is 12.5. The first kappa shape index (κ1) is 17.1. The highest BCUT2D eigenvalue weighted by Gasteiger charge is 2.31. The van der Waals surface area contributed by atoms with Gasteiger partial charge < -0.3 is 28.7 Å². The molecule has 0 saturated carbocycles. The number of aromatic nitrogens is 2. The van der Waals surface area contributed by atoms with Crippen molar-refractivity contribution in [2.24, 2.45) is 0 Å². The van der Waals surface area contributed by atoms with Crippen LogP contribution in [0, 0.1) is 6.92 Å². The van der Waals surface area contributed by atoms with E-state index < -0.39 is 43.9 Å². The largest absolute Gasteiger partial charge is 0.790 e. The Bertz CT molecular complexity index is 692. The first-order valence-electron chi connectivity index (χ1n) is 6.45. The summed E-state index contributed by atoms with van der Waals surface area (Å²) in [5.41, 5.74) is -0.792. The van der Waals surface area contributed by atoms with E-state index in [-0.39, 0.29) is 13.0 Å². The molecule has 2 N–H and O–H groups in total. The lowest BCUT2D eigenvalue weighted by Gasteiger charge is -2.36. The highest BCUT2D eigenvalue weighted by Crippen LogP contribution is 2.28. The number of nitrogens with zero attached hydrogens (tertiary/aromatic N) is 1. The number of nitrogens with one attached hydrogen (secondary N) is 1. The quantitative estimate of drug-likeness (QED) is 0.567. The van der Waals surface area contributed by atoms with Gasteiger partial charge in [0, 0.05) is 11.8 Å². The Morgan fingerprint density at radius 2 is 2.23 bits per heavy atom. The monoisotopic (exact) mass is 334 g/mol. The number of aromatic amines is 1. The molecule has 2 rings (SSSR count). The van der Waals surface area contributed by atoms with E-state index in [0.717, 1.165) is 0 Å². The number of aryl methyl sites for hydroxylation is 1. The molecule has 0 aliphatic carbocycles. The minimum atomic E-state index is -5.14. The third kappa shape index (κ3) is 4.13. The number of phosphoric acid groups is 1. The molecule has 0 radical (unpaired) electrons. The van der Waals surface area contributed by atoms with E-state index in [4.69, 9.17) is 4.74 Å². The summed E-state index contributed by atoms with van der Waals surface area (Å²) in [5.74, 6) is 0. The number of ether oxygens (including phenoxy) is 1. The maximum absolute atomic E-state index is 11.8. The van der Waals surface area contributed by atoms with Crippen molar-refractivity contribution in [2.45, 2.75) is 31.6 Å². The molecule has 22 heavy (non-hydrogen) atoms. The Kier molecular flexibility index (Phi) is 5.00. The third-order valence-corrected chi connectivity index (χ3v) is 3.85. The summed E-state index contributed by atoms with van der Waals surface area (Å²) in [5, 5.41) is 9.93. The number of H-pyrrole nitrogens is 1. The molecule has 11 heteroatoms. The molecule has 1 aromatic heterocycles. The fraction of sp³-hybridized carbons (Fsp3) is 0.636. The first-order valence-corrected chi connectivity index (χ1v) is 7.92. The number of aliphatic hydroxyl groups is 1. The molecule has 1 fully saturated rings. The van der Waals surface area contributed by atoms with Gasteiger partial charge in [-0.25, -0.2) is 4.79 Å². The van der Waals surface area contributed by atoms with E-state index in [1.165, 1.54) is 17.7 Å². The Hall–Kier alpha value is -1.29. The van der Waals surface area contributed by atoms with Gasteiger partial charge in [0.15, 0.2) is 0 Å². The summed E-state index contributed by atoms with van der Waals surface area (Å²) in [6, 6.07) is -0.527. The second-order valence-corrected chi connectivity index (χ2v) is 6.20. The summed E-state index contributed by atoms with van der Waals surface area (Å²) in [6.45, 7) is 0.946. The fourth-order valence-electron chi connectivity index (χ4n) is 2.22. The van der Waals surface area contributed by atoms with Gasteiger partial charge in [-0.1, -0.05) is 0 Å². The molecule has 1 saturated heterocycles. The van der Waals surface area contributed by atoms with E-state index in [2.05, 4.69) is 9.51 Å². The van der Waals surface area contributed by atoms with Crippen molar-refractivity contribution in [3.05, 3.63) is 32.6 Å². The van der Waals surface area contributed by atoms with Crippen molar-refractivity contribution in [3.8, 4) is 0 Å². The molecule has 1 aliphatic heterocycles. The van der Waals surface area contributed by atoms with Gasteiger partial charge in [-0.2, -0.15) is 0 Å². The van der Waals surface area contributed by atoms with Crippen LogP contribution in [-0.4, -0.2) is 40.1 Å². The van der Waals surface area contributed by atoms with Crippen LogP contribution in [0.25, 0.3) is 0 Å². The van der Waals surface area contributed by atoms with Crippen molar-refractivity contribution < 1.29 is 28.7 Å². The van der Waals surface area contributed by atoms with Crippen LogP contribution in [-0.2, 0) is 13.8 Å². The number of phosphoric ester groups is 1. The van der Waals surface area contributed by atoms with E-state index >= 15 is 0 Å². The summed E-state index contributed by atoms with van der Waals surface area (Å²) < 4.78 is 21.0. The molecule has 2 heterocycles. The molecule has 0 spiro atoms. The van der Waals surface area contributed by atoms with Crippen molar-refractivity contribution >= 4 is 7.82 Å². The van der Waals surface area contributed by atoms with Crippen molar-refractivity contribution in [2.75, 3.05) is 13.2 Å². The molecule has 124 valence electrons. The number of hydrogen-bond donors (Lipinski definition) is 2. The van der Waals surface area contributed by atoms with Crippen LogP contribution in [0.15, 0.2) is 15.8 Å². The molecular formula is C11H15N2O8P-2. The molecule has 0 amide bonds. The van der Waals surface area contributed by atoms with Gasteiger partial charge >= 0.3 is 5.69 Å². The summed E-state index contributed by atoms with van der Waals surface area (Å²) >= 11 is 0. The Morgan fingerprint density at radius 1 is 1.55 bits per heavy atom. The Labute approximate surface area is 124 Å². The standard InChI is InChI=1S/C11H17N2O8P/c1-6-3-13(11(16)12-10(6)15)7-2-8(14)9(20-4-7)5-21-22(17,18)19/h3,7-9,14H,2,4-5H2,1H3,(H,12,15,16)(H2,17,18,19)/p-2/t7-,8-,9+/m0/s1. The molecule has 0 unspecified atom stereocenters. The first-order chi connectivity index (χ1) is 10.2. The van der Waals surface area contributed by atoms with Crippen molar-refractivity contribution in [1.82, 2.24) is 9.55 Å². The lowest BCUT2D eigenvalue weighted by molar-refractivity contribution is -0.343. The summed E-state index contributed by atoms with van der Waals surface area (Å²) in [4.78, 5) is 46.1. The van der Waals surface area contributed by atoms with E-state index in [1.807, 2.05) is 0 Å². The number of hydrogen-bond acceptors (Lipinski definition) is 8. The smallest absolute Gasteiger partial charge is 0.328 e. The molecule has 1 aliphatic rings. The van der Waals surface area contributed by atoms with Gasteiger partial charge in [0.05, 0.1) is 33.2 Å². The van der Waals surface area contributed by atoms with Gasteiger partial charge in [-0.15, -0.1) is 0 Å². The average Bonchev–Trinajstić information content (AvgIpc) is 2.40. The van der Waals surface area contributed by atoms with Crippen LogP contribution >= 0.6 is 7.82 Å². The van der Waals surface area contributed by atoms with Crippen molar-refractivity contribution in [1.29, 1.82) is 0 Å². The van der Waals surface area contributed by atoms with Crippen LogP contribution in [0.2, 0.25) is 0 Å². The third-order valence-electron chi connectivity index (χ3n) is 3.38. The molecule has 3 atom stereocenters. The predicted octanol–water partition coefficient (Wildman–Crippen LogP) is -2.62. The lowest BCUT2D eigenvalue weighted by atomic mass is 10.0.